The molecular formula is C39H57N5O10. The topological polar surface area (TPSA) is 235 Å². The highest BCUT2D eigenvalue weighted by Gasteiger charge is 2.32. The molecule has 0 saturated carbocycles. The van der Waals surface area contributed by atoms with Gasteiger partial charge in [-0.2, -0.15) is 0 Å². The normalized spacial score (nSPS) is 14.1. The number of esters is 2. The molecule has 5 atom stereocenters. The summed E-state index contributed by atoms with van der Waals surface area (Å²) in [6.45, 7) is 13.8. The third-order valence-corrected chi connectivity index (χ3v) is 8.94. The number of phenols is 2. The van der Waals surface area contributed by atoms with E-state index >= 15 is 0 Å². The number of hydrogen-bond acceptors (Lipinski definition) is 11. The number of ether oxygens (including phenoxy) is 2. The number of carbonyl (C=O) groups is 6. The first-order valence-corrected chi connectivity index (χ1v) is 18.0. The number of rotatable bonds is 18. The molecule has 0 aromatic heterocycles. The molecule has 2 aromatic rings. The van der Waals surface area contributed by atoms with E-state index in [0.717, 1.165) is 0 Å². The molecule has 15 nitrogen and oxygen atoms in total. The first kappa shape index (κ1) is 45.0. The maximum Gasteiger partial charge on any atom is 0.328 e. The van der Waals surface area contributed by atoms with Gasteiger partial charge in [0.25, 0.3) is 0 Å². The van der Waals surface area contributed by atoms with Gasteiger partial charge in [-0.15, -0.1) is 0 Å². The molecule has 0 heterocycles. The van der Waals surface area contributed by atoms with Gasteiger partial charge in [0, 0.05) is 29.9 Å². The van der Waals surface area contributed by atoms with E-state index in [4.69, 9.17) is 15.2 Å². The van der Waals surface area contributed by atoms with Crippen molar-refractivity contribution in [2.75, 3.05) is 14.2 Å². The maximum atomic E-state index is 13.6. The predicted octanol–water partition coefficient (Wildman–Crippen LogP) is 2.09. The van der Waals surface area contributed by atoms with Crippen LogP contribution in [0.1, 0.15) is 66.5 Å². The van der Waals surface area contributed by atoms with Gasteiger partial charge in [0.2, 0.25) is 23.6 Å². The Labute approximate surface area is 317 Å². The minimum Gasteiger partial charge on any atom is -0.507 e. The number of nitrogens with one attached hydrogen (secondary N) is 4. The molecule has 15 heteroatoms. The third-order valence-electron chi connectivity index (χ3n) is 8.94. The Balaban J connectivity index is 2.55. The van der Waals surface area contributed by atoms with Crippen LogP contribution < -0.4 is 27.0 Å². The number of phenolic OH excluding ortho intramolecular Hbond substituents is 2. The summed E-state index contributed by atoms with van der Waals surface area (Å²) in [5, 5.41) is 32.7. The van der Waals surface area contributed by atoms with Crippen LogP contribution >= 0.6 is 0 Å². The molecule has 8 N–H and O–H groups in total. The summed E-state index contributed by atoms with van der Waals surface area (Å²) >= 11 is 0. The first-order chi connectivity index (χ1) is 25.2. The van der Waals surface area contributed by atoms with Gasteiger partial charge < -0.3 is 46.7 Å². The Morgan fingerprint density at radius 1 is 0.574 bits per heavy atom. The fraction of sp³-hybridized carbons (Fsp3) is 0.538. The van der Waals surface area contributed by atoms with E-state index in [-0.39, 0.29) is 53.2 Å². The van der Waals surface area contributed by atoms with Gasteiger partial charge in [-0.25, -0.2) is 9.59 Å². The van der Waals surface area contributed by atoms with Crippen LogP contribution in [0.2, 0.25) is 0 Å². The molecule has 0 radical (unpaired) electrons. The number of hydrogen-bond donors (Lipinski definition) is 7. The number of amides is 4. The van der Waals surface area contributed by atoms with Crippen molar-refractivity contribution in [1.29, 1.82) is 0 Å². The summed E-state index contributed by atoms with van der Waals surface area (Å²) in [5.74, 6) is -5.33. The summed E-state index contributed by atoms with van der Waals surface area (Å²) in [6.07, 6.45) is -0.144. The molecule has 2 rings (SSSR count). The van der Waals surface area contributed by atoms with E-state index in [1.807, 2.05) is 0 Å². The lowest BCUT2D eigenvalue weighted by Gasteiger charge is -2.26. The van der Waals surface area contributed by atoms with Crippen LogP contribution in [0.5, 0.6) is 11.5 Å². The lowest BCUT2D eigenvalue weighted by atomic mass is 9.94. The van der Waals surface area contributed by atoms with E-state index in [9.17, 15) is 39.0 Å². The zero-order valence-electron chi connectivity index (χ0n) is 32.8. The van der Waals surface area contributed by atoms with Crippen molar-refractivity contribution in [2.24, 2.45) is 29.4 Å². The third kappa shape index (κ3) is 12.5. The van der Waals surface area contributed by atoms with E-state index in [0.29, 0.717) is 11.1 Å². The van der Waals surface area contributed by atoms with Crippen LogP contribution in [0.25, 0.3) is 11.1 Å². The van der Waals surface area contributed by atoms with Crippen molar-refractivity contribution >= 4 is 35.6 Å². The average Bonchev–Trinajstić information content (AvgIpc) is 3.11. The quantitative estimate of drug-likeness (QED) is 0.109. The molecule has 0 aliphatic carbocycles. The van der Waals surface area contributed by atoms with Crippen molar-refractivity contribution in [3.05, 3.63) is 47.5 Å². The molecule has 2 aromatic carbocycles. The molecule has 0 spiro atoms. The minimum atomic E-state index is -1.20. The zero-order chi connectivity index (χ0) is 41.0. The first-order valence-electron chi connectivity index (χ1n) is 18.0. The van der Waals surface area contributed by atoms with Gasteiger partial charge in [-0.05, 0) is 53.1 Å². The molecule has 5 unspecified atom stereocenters. The second kappa shape index (κ2) is 20.3. The Kier molecular flexibility index (Phi) is 16.9. The van der Waals surface area contributed by atoms with Crippen LogP contribution in [0, 0.1) is 23.7 Å². The summed E-state index contributed by atoms with van der Waals surface area (Å²) in [7, 11) is 2.42. The van der Waals surface area contributed by atoms with E-state index in [2.05, 4.69) is 21.3 Å². The van der Waals surface area contributed by atoms with Crippen molar-refractivity contribution in [2.45, 2.75) is 98.4 Å². The van der Waals surface area contributed by atoms with E-state index < -0.39 is 71.7 Å². The molecule has 0 aliphatic heterocycles. The zero-order valence-corrected chi connectivity index (χ0v) is 32.8. The number of nitrogens with two attached hydrogens (primary N) is 1. The molecule has 0 aliphatic rings. The fourth-order valence-corrected chi connectivity index (χ4v) is 5.41. The Bertz CT molecular complexity index is 1660. The predicted molar refractivity (Wildman–Crippen MR) is 202 cm³/mol. The molecule has 0 bridgehead atoms. The highest BCUT2D eigenvalue weighted by molar-refractivity contribution is 5.93. The summed E-state index contributed by atoms with van der Waals surface area (Å²) in [4.78, 5) is 77.7. The fourth-order valence-electron chi connectivity index (χ4n) is 5.41. The van der Waals surface area contributed by atoms with Crippen LogP contribution in [0.3, 0.4) is 0 Å². The van der Waals surface area contributed by atoms with Crippen molar-refractivity contribution in [1.82, 2.24) is 21.3 Å². The van der Waals surface area contributed by atoms with Gasteiger partial charge in [0.05, 0.1) is 20.3 Å². The number of methoxy groups -OCH3 is 2. The van der Waals surface area contributed by atoms with Crippen LogP contribution in [-0.2, 0) is 51.1 Å². The molecule has 54 heavy (non-hydrogen) atoms. The maximum absolute atomic E-state index is 13.6. The minimum absolute atomic E-state index is 0.0500. The van der Waals surface area contributed by atoms with Crippen LogP contribution in [-0.4, -0.2) is 90.2 Å². The Morgan fingerprint density at radius 3 is 1.26 bits per heavy atom. The van der Waals surface area contributed by atoms with Gasteiger partial charge in [-0.3, -0.25) is 19.2 Å². The van der Waals surface area contributed by atoms with Crippen molar-refractivity contribution in [3.8, 4) is 22.6 Å². The highest BCUT2D eigenvalue weighted by atomic mass is 16.5. The average molecular weight is 756 g/mol. The SMILES string of the molecule is COC(=O)C(NC(=O)C(Cc1ccc(O)c(-c2cc(CC(NC(=O)C(N)C(C)C)C(=O)NC(C(=O)OC)C(C)C)ccc2O)c1)NC(=O)C(C)C)C(C)C. The molecule has 0 fully saturated rings. The molecule has 298 valence electrons. The van der Waals surface area contributed by atoms with Gasteiger partial charge in [0.1, 0.15) is 35.7 Å². The van der Waals surface area contributed by atoms with E-state index in [1.54, 1.807) is 73.6 Å². The highest BCUT2D eigenvalue weighted by Crippen LogP contribution is 2.37. The number of benzene rings is 2. The largest absolute Gasteiger partial charge is 0.507 e. The lowest BCUT2D eigenvalue weighted by molar-refractivity contribution is -0.147. The Hall–Kier alpha value is -5.18. The molecule has 0 saturated heterocycles. The molecular weight excluding hydrogens is 698 g/mol. The molecule has 4 amide bonds. The van der Waals surface area contributed by atoms with Crippen LogP contribution in [0.15, 0.2) is 36.4 Å². The number of aromatic hydroxyl groups is 2. The van der Waals surface area contributed by atoms with E-state index in [1.165, 1.54) is 32.4 Å². The summed E-state index contributed by atoms with van der Waals surface area (Å²) < 4.78 is 9.70. The smallest absolute Gasteiger partial charge is 0.328 e. The van der Waals surface area contributed by atoms with Crippen molar-refractivity contribution in [3.63, 3.8) is 0 Å². The second-order valence-corrected chi connectivity index (χ2v) is 14.7. The Morgan fingerprint density at radius 2 is 0.944 bits per heavy atom. The second-order valence-electron chi connectivity index (χ2n) is 14.7. The van der Waals surface area contributed by atoms with Gasteiger partial charge >= 0.3 is 11.9 Å². The lowest BCUT2D eigenvalue weighted by Crippen LogP contribution is -2.57. The van der Waals surface area contributed by atoms with Crippen molar-refractivity contribution < 1.29 is 48.5 Å². The monoisotopic (exact) mass is 755 g/mol. The van der Waals surface area contributed by atoms with Gasteiger partial charge in [-0.1, -0.05) is 67.5 Å². The standard InChI is InChI=1S/C39H57N5O10/c1-19(2)31(40)37(50)42-28(36(49)44-33(21(5)6)39(52)54-10)18-24-12-14-30(46)26(16-24)25-15-23(11-13-29(25)45)17-27(41-34(47)22(7)8)35(48)43-32(20(3)4)38(51)53-9/h11-16,19-22,27-28,31-33,45-46H,17-18,40H2,1-10H3,(H,41,47)(H,42,50)(H,43,48)(H,44,49). The summed E-state index contributed by atoms with van der Waals surface area (Å²) in [6, 6.07) is 3.73. The number of carbonyl (C=O) groups excluding carboxylic acids is 6. The van der Waals surface area contributed by atoms with Gasteiger partial charge in [0.15, 0.2) is 0 Å². The summed E-state index contributed by atoms with van der Waals surface area (Å²) in [5.41, 5.74) is 7.38. The van der Waals surface area contributed by atoms with Crippen LogP contribution in [0.4, 0.5) is 0 Å².